The van der Waals surface area contributed by atoms with Crippen LogP contribution in [0.5, 0.6) is 0 Å². The Hall–Kier alpha value is -2.27. The normalized spacial score (nSPS) is 17.5. The minimum Gasteiger partial charge on any atom is -0.339 e. The fourth-order valence-electron chi connectivity index (χ4n) is 3.04. The van der Waals surface area contributed by atoms with Gasteiger partial charge in [-0.2, -0.15) is 0 Å². The largest absolute Gasteiger partial charge is 0.339 e. The Balaban J connectivity index is 2.76. The van der Waals surface area contributed by atoms with Gasteiger partial charge in [-0.3, -0.25) is 4.79 Å². The lowest BCUT2D eigenvalue weighted by Gasteiger charge is -2.33. The van der Waals surface area contributed by atoms with Gasteiger partial charge in [0.1, 0.15) is 0 Å². The molecule has 1 saturated heterocycles. The van der Waals surface area contributed by atoms with E-state index in [0.717, 1.165) is 55.5 Å². The van der Waals surface area contributed by atoms with Crippen molar-refractivity contribution in [1.29, 1.82) is 0 Å². The summed E-state index contributed by atoms with van der Waals surface area (Å²) in [6.45, 7) is 13.8. The Bertz CT molecular complexity index is 659. The molecule has 26 heavy (non-hydrogen) atoms. The highest BCUT2D eigenvalue weighted by molar-refractivity contribution is 5.97. The van der Waals surface area contributed by atoms with Gasteiger partial charge in [0.2, 0.25) is 0 Å². The van der Waals surface area contributed by atoms with Crippen LogP contribution in [0.25, 0.3) is 0 Å². The van der Waals surface area contributed by atoms with E-state index in [1.165, 1.54) is 5.57 Å². The first-order valence-electron chi connectivity index (χ1n) is 9.54. The van der Waals surface area contributed by atoms with E-state index in [9.17, 15) is 4.79 Å². The summed E-state index contributed by atoms with van der Waals surface area (Å²) in [6, 6.07) is 0. The average molecular weight is 352 g/mol. The summed E-state index contributed by atoms with van der Waals surface area (Å²) < 4.78 is 0. The number of piperidine rings is 1. The van der Waals surface area contributed by atoms with E-state index in [2.05, 4.69) is 31.6 Å². The molecule has 0 aromatic carbocycles. The molecule has 0 aromatic rings. The van der Waals surface area contributed by atoms with Gasteiger partial charge < -0.3 is 4.90 Å². The van der Waals surface area contributed by atoms with Crippen molar-refractivity contribution in [2.75, 3.05) is 13.1 Å². The Labute approximate surface area is 160 Å². The van der Waals surface area contributed by atoms with Gasteiger partial charge in [-0.05, 0) is 63.5 Å². The van der Waals surface area contributed by atoms with Crippen molar-refractivity contribution >= 4 is 5.91 Å². The first-order valence-corrected chi connectivity index (χ1v) is 9.54. The number of nitrogens with zero attached hydrogens (tertiary/aromatic N) is 1. The third-order valence-corrected chi connectivity index (χ3v) is 4.98. The predicted molar refractivity (Wildman–Crippen MR) is 113 cm³/mol. The molecule has 1 amide bonds. The lowest BCUT2D eigenvalue weighted by molar-refractivity contribution is -0.128. The maximum Gasteiger partial charge on any atom is 0.253 e. The number of likely N-dealkylation sites (tertiary alicyclic amines) is 1. The van der Waals surface area contributed by atoms with Crippen LogP contribution in [0, 0.1) is 18.3 Å². The molecule has 0 N–H and O–H groups in total. The maximum atomic E-state index is 12.9. The van der Waals surface area contributed by atoms with Crippen LogP contribution in [0.1, 0.15) is 53.4 Å². The molecule has 1 fully saturated rings. The number of amides is 1. The van der Waals surface area contributed by atoms with Gasteiger partial charge in [0.15, 0.2) is 0 Å². The number of hydrogen-bond acceptors (Lipinski definition) is 1. The molecule has 1 rings (SSSR count). The minimum atomic E-state index is 0.129. The molecule has 0 spiro atoms. The van der Waals surface area contributed by atoms with Crippen LogP contribution in [0.2, 0.25) is 0 Å². The fourth-order valence-corrected chi connectivity index (χ4v) is 3.04. The first kappa shape index (κ1) is 21.8. The van der Waals surface area contributed by atoms with Gasteiger partial charge in [0.25, 0.3) is 5.91 Å². The summed E-state index contributed by atoms with van der Waals surface area (Å²) in [5.41, 5.74) is 3.98. The van der Waals surface area contributed by atoms with Crippen LogP contribution in [-0.2, 0) is 4.79 Å². The van der Waals surface area contributed by atoms with Gasteiger partial charge in [-0.25, -0.2) is 0 Å². The Morgan fingerprint density at radius 1 is 1.27 bits per heavy atom. The molecule has 1 heterocycles. The molecule has 0 aromatic heterocycles. The van der Waals surface area contributed by atoms with E-state index < -0.39 is 0 Å². The molecule has 0 atom stereocenters. The van der Waals surface area contributed by atoms with E-state index >= 15 is 0 Å². The van der Waals surface area contributed by atoms with Crippen LogP contribution in [0.15, 0.2) is 59.3 Å². The highest BCUT2D eigenvalue weighted by Crippen LogP contribution is 2.26. The van der Waals surface area contributed by atoms with Gasteiger partial charge in [0.05, 0.1) is 0 Å². The second-order valence-corrected chi connectivity index (χ2v) is 6.85. The van der Waals surface area contributed by atoms with Crippen molar-refractivity contribution in [2.45, 2.75) is 53.4 Å². The molecule has 0 aliphatic carbocycles. The van der Waals surface area contributed by atoms with Crippen molar-refractivity contribution in [3.05, 3.63) is 59.3 Å². The third-order valence-electron chi connectivity index (χ3n) is 4.98. The highest BCUT2D eigenvalue weighted by atomic mass is 16.2. The fraction of sp³-hybridized carbons (Fsp3) is 0.458. The van der Waals surface area contributed by atoms with Crippen LogP contribution < -0.4 is 0 Å². The quantitative estimate of drug-likeness (QED) is 0.253. The van der Waals surface area contributed by atoms with Crippen molar-refractivity contribution in [2.24, 2.45) is 5.92 Å². The SMILES string of the molecule is C#C/C(C)=C/C=C(\C)C1CCN(C(=O)/C(=C/C/C=C/C)C(=C)CC)CC1. The lowest BCUT2D eigenvalue weighted by Crippen LogP contribution is -2.39. The maximum absolute atomic E-state index is 12.9. The molecule has 2 nitrogen and oxygen atoms in total. The number of allylic oxidation sites excluding steroid dienone is 7. The van der Waals surface area contributed by atoms with Crippen LogP contribution >= 0.6 is 0 Å². The number of rotatable bonds is 7. The van der Waals surface area contributed by atoms with Crippen LogP contribution in [0.3, 0.4) is 0 Å². The first-order chi connectivity index (χ1) is 12.4. The summed E-state index contributed by atoms with van der Waals surface area (Å²) in [7, 11) is 0. The van der Waals surface area contributed by atoms with Gasteiger partial charge in [-0.1, -0.05) is 55.4 Å². The number of carbonyl (C=O) groups is 1. The zero-order valence-electron chi connectivity index (χ0n) is 16.8. The van der Waals surface area contributed by atoms with E-state index in [0.29, 0.717) is 5.92 Å². The molecule has 140 valence electrons. The van der Waals surface area contributed by atoms with Gasteiger partial charge in [-0.15, -0.1) is 6.42 Å². The minimum absolute atomic E-state index is 0.129. The molecule has 0 bridgehead atoms. The summed E-state index contributed by atoms with van der Waals surface area (Å²) in [5, 5.41) is 0. The number of hydrogen-bond donors (Lipinski definition) is 0. The summed E-state index contributed by atoms with van der Waals surface area (Å²) in [5.74, 6) is 3.29. The average Bonchev–Trinajstić information content (AvgIpc) is 2.68. The topological polar surface area (TPSA) is 20.3 Å². The standard InChI is InChI=1S/C24H33NO/c1-7-10-11-12-23(20(5)9-3)24(26)25-17-15-22(16-18-25)21(6)14-13-19(4)8-2/h2,7,10,12-14,22H,5,9,11,15-18H2,1,3-4,6H3/b10-7+,19-13+,21-14+,23-12+. The van der Waals surface area contributed by atoms with Crippen molar-refractivity contribution in [1.82, 2.24) is 4.90 Å². The summed E-state index contributed by atoms with van der Waals surface area (Å²) in [6.07, 6.45) is 19.2. The molecule has 0 unspecified atom stereocenters. The smallest absolute Gasteiger partial charge is 0.253 e. The van der Waals surface area contributed by atoms with Crippen LogP contribution in [-0.4, -0.2) is 23.9 Å². The highest BCUT2D eigenvalue weighted by Gasteiger charge is 2.25. The molecule has 1 aliphatic heterocycles. The molecule has 0 radical (unpaired) electrons. The third kappa shape index (κ3) is 6.56. The summed E-state index contributed by atoms with van der Waals surface area (Å²) in [4.78, 5) is 14.9. The molecule has 0 saturated carbocycles. The van der Waals surface area contributed by atoms with E-state index in [1.807, 2.05) is 43.9 Å². The second kappa shape index (κ2) is 11.4. The van der Waals surface area contributed by atoms with Crippen LogP contribution in [0.4, 0.5) is 0 Å². The molecular formula is C24H33NO. The Morgan fingerprint density at radius 3 is 2.46 bits per heavy atom. The zero-order valence-corrected chi connectivity index (χ0v) is 16.8. The van der Waals surface area contributed by atoms with Gasteiger partial charge >= 0.3 is 0 Å². The zero-order chi connectivity index (χ0) is 19.5. The molecular weight excluding hydrogens is 318 g/mol. The van der Waals surface area contributed by atoms with Crippen molar-refractivity contribution in [3.63, 3.8) is 0 Å². The van der Waals surface area contributed by atoms with E-state index in [-0.39, 0.29) is 5.91 Å². The summed E-state index contributed by atoms with van der Waals surface area (Å²) >= 11 is 0. The van der Waals surface area contributed by atoms with E-state index in [4.69, 9.17) is 6.42 Å². The van der Waals surface area contributed by atoms with Crippen molar-refractivity contribution in [3.8, 4) is 12.3 Å². The monoisotopic (exact) mass is 351 g/mol. The predicted octanol–water partition coefficient (Wildman–Crippen LogP) is 5.61. The molecule has 2 heteroatoms. The Kier molecular flexibility index (Phi) is 9.52. The van der Waals surface area contributed by atoms with Gasteiger partial charge in [0, 0.05) is 18.7 Å². The number of terminal acetylenes is 1. The van der Waals surface area contributed by atoms with Crippen molar-refractivity contribution < 1.29 is 4.79 Å². The Morgan fingerprint density at radius 2 is 1.92 bits per heavy atom. The van der Waals surface area contributed by atoms with E-state index in [1.54, 1.807) is 0 Å². The lowest BCUT2D eigenvalue weighted by atomic mass is 9.89. The second-order valence-electron chi connectivity index (χ2n) is 6.85. The number of carbonyl (C=O) groups excluding carboxylic acids is 1. The molecule has 1 aliphatic rings.